The number of esters is 1. The molecule has 1 aliphatic rings. The fourth-order valence-corrected chi connectivity index (χ4v) is 3.48. The summed E-state index contributed by atoms with van der Waals surface area (Å²) < 4.78 is 4.97. The lowest BCUT2D eigenvalue weighted by Gasteiger charge is -2.28. The molecule has 1 unspecified atom stereocenters. The van der Waals surface area contributed by atoms with Crippen LogP contribution in [0.4, 0.5) is 0 Å². The van der Waals surface area contributed by atoms with Crippen molar-refractivity contribution in [2.75, 3.05) is 12.9 Å². The van der Waals surface area contributed by atoms with E-state index in [2.05, 4.69) is 37.4 Å². The van der Waals surface area contributed by atoms with E-state index in [4.69, 9.17) is 4.74 Å². The molecule has 0 heterocycles. The number of aryl methyl sites for hydroxylation is 2. The van der Waals surface area contributed by atoms with Crippen molar-refractivity contribution < 1.29 is 9.53 Å². The van der Waals surface area contributed by atoms with Crippen LogP contribution in [0.3, 0.4) is 0 Å². The first-order valence-electron chi connectivity index (χ1n) is 7.51. The quantitative estimate of drug-likeness (QED) is 0.618. The molecule has 0 aliphatic heterocycles. The molecule has 1 aromatic carbocycles. The highest BCUT2D eigenvalue weighted by molar-refractivity contribution is 7.99. The van der Waals surface area contributed by atoms with Gasteiger partial charge in [0.2, 0.25) is 0 Å². The molecule has 1 N–H and O–H groups in total. The normalized spacial score (nSPS) is 17.3. The maximum absolute atomic E-state index is 12.0. The van der Waals surface area contributed by atoms with Crippen LogP contribution >= 0.6 is 11.8 Å². The van der Waals surface area contributed by atoms with Crippen LogP contribution in [0.2, 0.25) is 0 Å². The molecule has 1 atom stereocenters. The first-order chi connectivity index (χ1) is 9.94. The average molecular weight is 307 g/mol. The highest BCUT2D eigenvalue weighted by atomic mass is 32.2. The molecule has 1 fully saturated rings. The monoisotopic (exact) mass is 307 g/mol. The number of carbonyl (C=O) groups excluding carboxylic acids is 1. The van der Waals surface area contributed by atoms with Gasteiger partial charge in [-0.25, -0.2) is 0 Å². The first-order valence-corrected chi connectivity index (χ1v) is 8.49. The zero-order valence-corrected chi connectivity index (χ0v) is 14.2. The number of ether oxygens (including phenoxy) is 1. The van der Waals surface area contributed by atoms with E-state index in [-0.39, 0.29) is 5.97 Å². The summed E-state index contributed by atoms with van der Waals surface area (Å²) in [5.74, 6) is 0.739. The number of methoxy groups -OCH3 is 1. The Morgan fingerprint density at radius 2 is 2.10 bits per heavy atom. The molecule has 0 saturated heterocycles. The minimum absolute atomic E-state index is 0.157. The number of hydrogen-bond donors (Lipinski definition) is 1. The smallest absolute Gasteiger partial charge is 0.325 e. The number of nitrogens with one attached hydrogen (secondary N) is 1. The molecule has 2 rings (SSSR count). The third kappa shape index (κ3) is 4.48. The van der Waals surface area contributed by atoms with E-state index < -0.39 is 5.54 Å². The van der Waals surface area contributed by atoms with Crippen LogP contribution in [0.5, 0.6) is 0 Å². The second-order valence-corrected chi connectivity index (χ2v) is 7.26. The summed E-state index contributed by atoms with van der Waals surface area (Å²) in [6.07, 6.45) is 3.10. The lowest BCUT2D eigenvalue weighted by Crippen LogP contribution is -2.51. The van der Waals surface area contributed by atoms with Crippen LogP contribution in [-0.4, -0.2) is 30.4 Å². The van der Waals surface area contributed by atoms with Crippen molar-refractivity contribution in [3.05, 3.63) is 29.3 Å². The fourth-order valence-electron chi connectivity index (χ4n) is 2.31. The molecule has 0 aromatic heterocycles. The van der Waals surface area contributed by atoms with Crippen molar-refractivity contribution in [2.45, 2.75) is 56.5 Å². The van der Waals surface area contributed by atoms with Gasteiger partial charge in [-0.3, -0.25) is 10.1 Å². The number of carbonyl (C=O) groups is 1. The summed E-state index contributed by atoms with van der Waals surface area (Å²) in [5, 5.41) is 3.44. The van der Waals surface area contributed by atoms with E-state index >= 15 is 0 Å². The summed E-state index contributed by atoms with van der Waals surface area (Å²) in [6, 6.07) is 7.00. The molecule has 1 aliphatic carbocycles. The van der Waals surface area contributed by atoms with Gasteiger partial charge in [0.1, 0.15) is 5.54 Å². The molecule has 0 spiro atoms. The van der Waals surface area contributed by atoms with E-state index in [0.717, 1.165) is 25.0 Å². The first kappa shape index (κ1) is 16.4. The van der Waals surface area contributed by atoms with E-state index in [1.165, 1.54) is 23.1 Å². The Bertz CT molecular complexity index is 514. The summed E-state index contributed by atoms with van der Waals surface area (Å²) in [5.41, 5.74) is 2.06. The highest BCUT2D eigenvalue weighted by Gasteiger charge is 2.38. The van der Waals surface area contributed by atoms with Gasteiger partial charge in [0.05, 0.1) is 7.11 Å². The van der Waals surface area contributed by atoms with Gasteiger partial charge in [0.15, 0.2) is 0 Å². The zero-order chi connectivity index (χ0) is 15.5. The Labute approximate surface area is 131 Å². The van der Waals surface area contributed by atoms with Crippen LogP contribution in [-0.2, 0) is 9.53 Å². The number of rotatable bonds is 7. The molecule has 116 valence electrons. The van der Waals surface area contributed by atoms with Gasteiger partial charge in [-0.05, 0) is 63.3 Å². The Morgan fingerprint density at radius 3 is 2.67 bits per heavy atom. The van der Waals surface area contributed by atoms with Crippen molar-refractivity contribution in [3.63, 3.8) is 0 Å². The van der Waals surface area contributed by atoms with Crippen LogP contribution < -0.4 is 5.32 Å². The number of benzene rings is 1. The Balaban J connectivity index is 1.91. The lowest BCUT2D eigenvalue weighted by atomic mass is 9.99. The van der Waals surface area contributed by atoms with Gasteiger partial charge in [-0.1, -0.05) is 6.07 Å². The molecule has 0 radical (unpaired) electrons. The van der Waals surface area contributed by atoms with Crippen LogP contribution in [0.25, 0.3) is 0 Å². The van der Waals surface area contributed by atoms with Crippen molar-refractivity contribution in [2.24, 2.45) is 0 Å². The minimum atomic E-state index is -0.567. The van der Waals surface area contributed by atoms with E-state index in [1.807, 2.05) is 6.92 Å². The maximum atomic E-state index is 12.0. The summed E-state index contributed by atoms with van der Waals surface area (Å²) >= 11 is 1.80. The molecule has 4 heteroatoms. The van der Waals surface area contributed by atoms with E-state index in [1.54, 1.807) is 11.8 Å². The third-order valence-electron chi connectivity index (χ3n) is 4.09. The van der Waals surface area contributed by atoms with Gasteiger partial charge in [-0.2, -0.15) is 0 Å². The predicted molar refractivity (Wildman–Crippen MR) is 87.8 cm³/mol. The topological polar surface area (TPSA) is 38.3 Å². The zero-order valence-electron chi connectivity index (χ0n) is 13.4. The second kappa shape index (κ2) is 6.84. The third-order valence-corrected chi connectivity index (χ3v) is 5.08. The average Bonchev–Trinajstić information content (AvgIpc) is 3.25. The minimum Gasteiger partial charge on any atom is -0.468 e. The summed E-state index contributed by atoms with van der Waals surface area (Å²) in [7, 11) is 1.46. The molecular weight excluding hydrogens is 282 g/mol. The predicted octanol–water partition coefficient (Wildman–Crippen LogP) is 3.47. The van der Waals surface area contributed by atoms with Gasteiger partial charge in [-0.15, -0.1) is 11.8 Å². The van der Waals surface area contributed by atoms with E-state index in [9.17, 15) is 4.79 Å². The van der Waals surface area contributed by atoms with Gasteiger partial charge in [0, 0.05) is 16.7 Å². The van der Waals surface area contributed by atoms with E-state index in [0.29, 0.717) is 6.04 Å². The van der Waals surface area contributed by atoms with Gasteiger partial charge >= 0.3 is 5.97 Å². The maximum Gasteiger partial charge on any atom is 0.325 e. The number of thioether (sulfide) groups is 1. The molecule has 0 bridgehead atoms. The second-order valence-electron chi connectivity index (χ2n) is 6.09. The van der Waals surface area contributed by atoms with Crippen LogP contribution in [0.1, 0.15) is 37.3 Å². The van der Waals surface area contributed by atoms with Crippen molar-refractivity contribution in [3.8, 4) is 0 Å². The van der Waals surface area contributed by atoms with Crippen molar-refractivity contribution in [1.29, 1.82) is 0 Å². The van der Waals surface area contributed by atoms with Crippen molar-refractivity contribution in [1.82, 2.24) is 5.32 Å². The number of hydrogen-bond acceptors (Lipinski definition) is 4. The molecule has 0 amide bonds. The SMILES string of the molecule is COC(=O)C(C)(CCSc1ccc(C)c(C)c1)NC1CC1. The molecule has 1 aromatic rings. The van der Waals surface area contributed by atoms with Crippen molar-refractivity contribution >= 4 is 17.7 Å². The Kier molecular flexibility index (Phi) is 5.33. The molecular formula is C17H25NO2S. The van der Waals surface area contributed by atoms with Crippen LogP contribution in [0, 0.1) is 13.8 Å². The highest BCUT2D eigenvalue weighted by Crippen LogP contribution is 2.28. The lowest BCUT2D eigenvalue weighted by molar-refractivity contribution is -0.148. The fraction of sp³-hybridized carbons (Fsp3) is 0.588. The van der Waals surface area contributed by atoms with Gasteiger partial charge in [0.25, 0.3) is 0 Å². The summed E-state index contributed by atoms with van der Waals surface area (Å²) in [4.78, 5) is 13.3. The van der Waals surface area contributed by atoms with Gasteiger partial charge < -0.3 is 4.74 Å². The summed E-state index contributed by atoms with van der Waals surface area (Å²) in [6.45, 7) is 6.21. The molecule has 21 heavy (non-hydrogen) atoms. The van der Waals surface area contributed by atoms with Crippen LogP contribution in [0.15, 0.2) is 23.1 Å². The Morgan fingerprint density at radius 1 is 1.38 bits per heavy atom. The molecule has 1 saturated carbocycles. The molecule has 3 nitrogen and oxygen atoms in total. The standard InChI is InChI=1S/C17H25NO2S/c1-12-5-8-15(11-13(12)2)21-10-9-17(3,16(19)20-4)18-14-6-7-14/h5,8,11,14,18H,6-7,9-10H2,1-4H3. The largest absolute Gasteiger partial charge is 0.468 e. The Hall–Kier alpha value is -1.00.